The van der Waals surface area contributed by atoms with Crippen molar-refractivity contribution >= 4 is 11.7 Å². The van der Waals surface area contributed by atoms with Gasteiger partial charge in [0.25, 0.3) is 0 Å². The number of aromatic carboxylic acids is 1. The summed E-state index contributed by atoms with van der Waals surface area (Å²) in [5.41, 5.74) is 8.01. The fraction of sp³-hybridized carbons (Fsp3) is 0.0714. The fourth-order valence-corrected chi connectivity index (χ4v) is 1.65. The Kier molecular flexibility index (Phi) is 3.94. The predicted molar refractivity (Wildman–Crippen MR) is 70.3 cm³/mol. The molecule has 92 valence electrons. The zero-order valence-corrected chi connectivity index (χ0v) is 9.76. The van der Waals surface area contributed by atoms with Crippen molar-refractivity contribution in [3.05, 3.63) is 65.7 Å². The second kappa shape index (κ2) is 5.84. The van der Waals surface area contributed by atoms with Gasteiger partial charge in [0, 0.05) is 12.2 Å². The van der Waals surface area contributed by atoms with Crippen molar-refractivity contribution in [3.8, 4) is 0 Å². The van der Waals surface area contributed by atoms with Crippen LogP contribution in [-0.4, -0.2) is 11.1 Å². The van der Waals surface area contributed by atoms with E-state index in [0.717, 1.165) is 11.3 Å². The minimum Gasteiger partial charge on any atom is -0.478 e. The highest BCUT2D eigenvalue weighted by Crippen LogP contribution is 2.09. The molecular formula is C14H14N2O2. The Bertz CT molecular complexity index is 526. The molecule has 4 heteroatoms. The number of hydrazine groups is 1. The van der Waals surface area contributed by atoms with Crippen LogP contribution in [-0.2, 0) is 6.54 Å². The minimum absolute atomic E-state index is 0.319. The van der Waals surface area contributed by atoms with Crippen molar-refractivity contribution in [2.24, 2.45) is 0 Å². The highest BCUT2D eigenvalue weighted by Gasteiger charge is 2.07. The number of benzene rings is 2. The van der Waals surface area contributed by atoms with E-state index in [1.54, 1.807) is 18.2 Å². The van der Waals surface area contributed by atoms with E-state index in [1.807, 2.05) is 36.4 Å². The highest BCUT2D eigenvalue weighted by molar-refractivity contribution is 5.89. The lowest BCUT2D eigenvalue weighted by Gasteiger charge is -2.10. The number of nitrogens with one attached hydrogen (secondary N) is 2. The molecule has 0 spiro atoms. The molecule has 2 aromatic rings. The zero-order valence-electron chi connectivity index (χ0n) is 9.76. The van der Waals surface area contributed by atoms with Crippen molar-refractivity contribution < 1.29 is 9.90 Å². The van der Waals surface area contributed by atoms with Crippen LogP contribution in [0, 0.1) is 0 Å². The van der Waals surface area contributed by atoms with Gasteiger partial charge in [-0.05, 0) is 23.8 Å². The maximum absolute atomic E-state index is 11.0. The lowest BCUT2D eigenvalue weighted by atomic mass is 10.1. The summed E-state index contributed by atoms with van der Waals surface area (Å²) in [7, 11) is 0. The molecule has 4 nitrogen and oxygen atoms in total. The first kappa shape index (κ1) is 12.1. The first-order valence-corrected chi connectivity index (χ1v) is 5.62. The van der Waals surface area contributed by atoms with Crippen molar-refractivity contribution in [2.75, 3.05) is 5.43 Å². The van der Waals surface area contributed by atoms with Crippen LogP contribution in [0.5, 0.6) is 0 Å². The standard InChI is InChI=1S/C14H14N2O2/c17-14(18)13-9-5-4-6-11(13)10-15-16-12-7-2-1-3-8-12/h1-9,15-16H,10H2,(H,17,18). The molecule has 0 fully saturated rings. The number of hydrogen-bond acceptors (Lipinski definition) is 3. The van der Waals surface area contributed by atoms with Gasteiger partial charge in [-0.3, -0.25) is 0 Å². The first-order chi connectivity index (χ1) is 8.77. The summed E-state index contributed by atoms with van der Waals surface area (Å²) in [5, 5.41) is 9.03. The summed E-state index contributed by atoms with van der Waals surface area (Å²) in [6.45, 7) is 0.442. The molecule has 0 heterocycles. The summed E-state index contributed by atoms with van der Waals surface area (Å²) in [5.74, 6) is -0.910. The van der Waals surface area contributed by atoms with Crippen LogP contribution < -0.4 is 10.9 Å². The quantitative estimate of drug-likeness (QED) is 0.705. The molecule has 2 rings (SSSR count). The molecule has 0 aliphatic carbocycles. The molecule has 2 aromatic carbocycles. The third-order valence-corrected chi connectivity index (χ3v) is 2.53. The molecule has 3 N–H and O–H groups in total. The van der Waals surface area contributed by atoms with E-state index in [0.29, 0.717) is 12.1 Å². The minimum atomic E-state index is -0.910. The SMILES string of the molecule is O=C(O)c1ccccc1CNNc1ccccc1. The van der Waals surface area contributed by atoms with Crippen molar-refractivity contribution in [1.82, 2.24) is 5.43 Å². The normalized spacial score (nSPS) is 10.0. The summed E-state index contributed by atoms with van der Waals surface area (Å²) >= 11 is 0. The largest absolute Gasteiger partial charge is 0.478 e. The third kappa shape index (κ3) is 3.09. The molecule has 0 saturated carbocycles. The van der Waals surface area contributed by atoms with E-state index in [1.165, 1.54) is 0 Å². The molecular weight excluding hydrogens is 228 g/mol. The predicted octanol–water partition coefficient (Wildman–Crippen LogP) is 2.50. The number of rotatable bonds is 5. The highest BCUT2D eigenvalue weighted by atomic mass is 16.4. The number of carboxylic acids is 1. The molecule has 0 radical (unpaired) electrons. The number of hydrogen-bond donors (Lipinski definition) is 3. The first-order valence-electron chi connectivity index (χ1n) is 5.62. The average Bonchev–Trinajstić information content (AvgIpc) is 2.40. The van der Waals surface area contributed by atoms with E-state index >= 15 is 0 Å². The topological polar surface area (TPSA) is 61.4 Å². The van der Waals surface area contributed by atoms with Gasteiger partial charge in [-0.15, -0.1) is 0 Å². The van der Waals surface area contributed by atoms with Crippen LogP contribution >= 0.6 is 0 Å². The van der Waals surface area contributed by atoms with Crippen molar-refractivity contribution in [2.45, 2.75) is 6.54 Å². The van der Waals surface area contributed by atoms with E-state index in [9.17, 15) is 4.79 Å². The lowest BCUT2D eigenvalue weighted by molar-refractivity contribution is 0.0695. The molecule has 0 unspecified atom stereocenters. The fourth-order valence-electron chi connectivity index (χ4n) is 1.65. The Morgan fingerprint density at radius 2 is 1.67 bits per heavy atom. The number of carbonyl (C=O) groups is 1. The van der Waals surface area contributed by atoms with Gasteiger partial charge in [0.2, 0.25) is 0 Å². The third-order valence-electron chi connectivity index (χ3n) is 2.53. The zero-order chi connectivity index (χ0) is 12.8. The number of anilines is 1. The summed E-state index contributed by atoms with van der Waals surface area (Å²) in [6, 6.07) is 16.6. The van der Waals surface area contributed by atoms with Gasteiger partial charge in [-0.25, -0.2) is 10.2 Å². The second-order valence-electron chi connectivity index (χ2n) is 3.81. The number of carboxylic acid groups (broad SMARTS) is 1. The van der Waals surface area contributed by atoms with Crippen molar-refractivity contribution in [3.63, 3.8) is 0 Å². The Hall–Kier alpha value is -2.33. The molecule has 0 amide bonds. The van der Waals surface area contributed by atoms with Crippen LogP contribution in [0.2, 0.25) is 0 Å². The van der Waals surface area contributed by atoms with Gasteiger partial charge < -0.3 is 10.5 Å². The molecule has 0 bridgehead atoms. The van der Waals surface area contributed by atoms with Gasteiger partial charge >= 0.3 is 5.97 Å². The Morgan fingerprint density at radius 1 is 1.00 bits per heavy atom. The maximum atomic E-state index is 11.0. The Balaban J connectivity index is 1.97. The van der Waals surface area contributed by atoms with Crippen LogP contribution in [0.3, 0.4) is 0 Å². The molecule has 0 saturated heterocycles. The van der Waals surface area contributed by atoms with Crippen LogP contribution in [0.1, 0.15) is 15.9 Å². The van der Waals surface area contributed by atoms with E-state index in [-0.39, 0.29) is 0 Å². The van der Waals surface area contributed by atoms with Gasteiger partial charge in [-0.2, -0.15) is 0 Å². The molecule has 0 aliphatic rings. The van der Waals surface area contributed by atoms with Gasteiger partial charge in [0.15, 0.2) is 0 Å². The lowest BCUT2D eigenvalue weighted by Crippen LogP contribution is -2.22. The van der Waals surface area contributed by atoms with Gasteiger partial charge in [0.1, 0.15) is 0 Å². The molecule has 0 atom stereocenters. The molecule has 0 aliphatic heterocycles. The van der Waals surface area contributed by atoms with Crippen LogP contribution in [0.25, 0.3) is 0 Å². The smallest absolute Gasteiger partial charge is 0.336 e. The number of para-hydroxylation sites is 1. The monoisotopic (exact) mass is 242 g/mol. The van der Waals surface area contributed by atoms with Crippen molar-refractivity contribution in [1.29, 1.82) is 0 Å². The van der Waals surface area contributed by atoms with Gasteiger partial charge in [0.05, 0.1) is 5.56 Å². The van der Waals surface area contributed by atoms with E-state index < -0.39 is 5.97 Å². The molecule has 0 aromatic heterocycles. The maximum Gasteiger partial charge on any atom is 0.336 e. The summed E-state index contributed by atoms with van der Waals surface area (Å²) < 4.78 is 0. The van der Waals surface area contributed by atoms with Crippen LogP contribution in [0.15, 0.2) is 54.6 Å². The Morgan fingerprint density at radius 3 is 2.39 bits per heavy atom. The summed E-state index contributed by atoms with van der Waals surface area (Å²) in [4.78, 5) is 11.0. The second-order valence-corrected chi connectivity index (χ2v) is 3.81. The average molecular weight is 242 g/mol. The van der Waals surface area contributed by atoms with Crippen LogP contribution in [0.4, 0.5) is 5.69 Å². The van der Waals surface area contributed by atoms with E-state index in [4.69, 9.17) is 5.11 Å². The van der Waals surface area contributed by atoms with E-state index in [2.05, 4.69) is 10.9 Å². The Labute approximate surface area is 105 Å². The molecule has 18 heavy (non-hydrogen) atoms. The summed E-state index contributed by atoms with van der Waals surface area (Å²) in [6.07, 6.45) is 0. The van der Waals surface area contributed by atoms with Gasteiger partial charge in [-0.1, -0.05) is 36.4 Å².